The van der Waals surface area contributed by atoms with Crippen LogP contribution in [0.3, 0.4) is 0 Å². The van der Waals surface area contributed by atoms with Crippen LogP contribution in [-0.4, -0.2) is 33.3 Å². The molecule has 0 unspecified atom stereocenters. The molecule has 150 valence electrons. The normalized spacial score (nSPS) is 11.1. The van der Waals surface area contributed by atoms with Gasteiger partial charge in [0.1, 0.15) is 0 Å². The van der Waals surface area contributed by atoms with E-state index in [-0.39, 0.29) is 23.9 Å². The molecule has 2 aromatic carbocycles. The van der Waals surface area contributed by atoms with Gasteiger partial charge in [0.05, 0.1) is 10.5 Å². The van der Waals surface area contributed by atoms with Crippen molar-refractivity contribution in [3.05, 3.63) is 59.4 Å². The standard InChI is InChI=1S/C17H16F3N3O4S/c1-10(24)23-11-2-4-12(5-3-11)28(26,27)22-9-8-21-17(25)13-6-7-14(18)16(20)15(13)19/h2-7,22H,8-9H2,1H3,(H,21,25)(H,23,24). The molecule has 0 fully saturated rings. The molecule has 0 saturated heterocycles. The van der Waals surface area contributed by atoms with Crippen LogP contribution in [0.15, 0.2) is 41.3 Å². The number of hydrogen-bond acceptors (Lipinski definition) is 4. The first-order chi connectivity index (χ1) is 13.1. The minimum Gasteiger partial charge on any atom is -0.351 e. The zero-order valence-electron chi connectivity index (χ0n) is 14.6. The van der Waals surface area contributed by atoms with Crippen LogP contribution in [0.1, 0.15) is 17.3 Å². The highest BCUT2D eigenvalue weighted by molar-refractivity contribution is 7.89. The molecular weight excluding hydrogens is 399 g/mol. The van der Waals surface area contributed by atoms with Crippen molar-refractivity contribution >= 4 is 27.5 Å². The fourth-order valence-corrected chi connectivity index (χ4v) is 3.19. The van der Waals surface area contributed by atoms with Gasteiger partial charge in [-0.25, -0.2) is 26.3 Å². The molecule has 3 N–H and O–H groups in total. The number of halogens is 3. The fourth-order valence-electron chi connectivity index (χ4n) is 2.16. The Morgan fingerprint density at radius 2 is 1.57 bits per heavy atom. The van der Waals surface area contributed by atoms with Crippen LogP contribution in [0.25, 0.3) is 0 Å². The van der Waals surface area contributed by atoms with Crippen molar-refractivity contribution in [3.8, 4) is 0 Å². The van der Waals surface area contributed by atoms with Crippen LogP contribution < -0.4 is 15.4 Å². The quantitative estimate of drug-likeness (QED) is 0.474. The minimum absolute atomic E-state index is 0.0698. The van der Waals surface area contributed by atoms with Crippen LogP contribution in [0.5, 0.6) is 0 Å². The van der Waals surface area contributed by atoms with E-state index in [0.29, 0.717) is 11.8 Å². The molecule has 2 aromatic rings. The highest BCUT2D eigenvalue weighted by atomic mass is 32.2. The van der Waals surface area contributed by atoms with Gasteiger partial charge in [-0.2, -0.15) is 0 Å². The molecule has 7 nitrogen and oxygen atoms in total. The zero-order valence-corrected chi connectivity index (χ0v) is 15.4. The fraction of sp³-hybridized carbons (Fsp3) is 0.176. The number of carbonyl (C=O) groups excluding carboxylic acids is 2. The van der Waals surface area contributed by atoms with Crippen molar-refractivity contribution < 1.29 is 31.2 Å². The molecule has 0 spiro atoms. The van der Waals surface area contributed by atoms with E-state index in [0.717, 1.165) is 6.07 Å². The third kappa shape index (κ3) is 5.30. The number of benzene rings is 2. The molecule has 28 heavy (non-hydrogen) atoms. The average Bonchev–Trinajstić information content (AvgIpc) is 2.63. The van der Waals surface area contributed by atoms with Gasteiger partial charge in [0, 0.05) is 25.7 Å². The van der Waals surface area contributed by atoms with Crippen LogP contribution in [-0.2, 0) is 14.8 Å². The molecule has 0 aliphatic heterocycles. The van der Waals surface area contributed by atoms with E-state index >= 15 is 0 Å². The smallest absolute Gasteiger partial charge is 0.254 e. The number of nitrogens with one attached hydrogen (secondary N) is 3. The molecule has 2 rings (SSSR count). The zero-order chi connectivity index (χ0) is 20.9. The molecule has 2 amide bonds. The monoisotopic (exact) mass is 415 g/mol. The first-order valence-electron chi connectivity index (χ1n) is 7.91. The van der Waals surface area contributed by atoms with Gasteiger partial charge in [-0.1, -0.05) is 0 Å². The van der Waals surface area contributed by atoms with Gasteiger partial charge in [0.2, 0.25) is 15.9 Å². The van der Waals surface area contributed by atoms with Crippen LogP contribution in [0.4, 0.5) is 18.9 Å². The molecule has 11 heteroatoms. The Balaban J connectivity index is 1.91. The summed E-state index contributed by atoms with van der Waals surface area (Å²) in [5.41, 5.74) is -0.275. The number of rotatable bonds is 7. The first-order valence-corrected chi connectivity index (χ1v) is 9.39. The van der Waals surface area contributed by atoms with Crippen molar-refractivity contribution in [2.75, 3.05) is 18.4 Å². The summed E-state index contributed by atoms with van der Waals surface area (Å²) >= 11 is 0. The second kappa shape index (κ2) is 8.85. The molecule has 0 aliphatic carbocycles. The molecule has 0 aliphatic rings. The second-order valence-electron chi connectivity index (χ2n) is 5.58. The molecule has 0 aromatic heterocycles. The van der Waals surface area contributed by atoms with Gasteiger partial charge < -0.3 is 10.6 Å². The Kier molecular flexibility index (Phi) is 6.75. The number of sulfonamides is 1. The Bertz CT molecular complexity index is 995. The lowest BCUT2D eigenvalue weighted by molar-refractivity contribution is -0.114. The SMILES string of the molecule is CC(=O)Nc1ccc(S(=O)(=O)NCCNC(=O)c2ccc(F)c(F)c2F)cc1. The van der Waals surface area contributed by atoms with E-state index in [2.05, 4.69) is 15.4 Å². The third-order valence-electron chi connectivity index (χ3n) is 3.47. The predicted octanol–water partition coefficient (Wildman–Crippen LogP) is 1.77. The number of amides is 2. The van der Waals surface area contributed by atoms with Gasteiger partial charge >= 0.3 is 0 Å². The summed E-state index contributed by atoms with van der Waals surface area (Å²) in [6, 6.07) is 6.77. The van der Waals surface area contributed by atoms with E-state index in [4.69, 9.17) is 0 Å². The maximum Gasteiger partial charge on any atom is 0.254 e. The van der Waals surface area contributed by atoms with Gasteiger partial charge in [0.15, 0.2) is 17.5 Å². The maximum absolute atomic E-state index is 13.5. The van der Waals surface area contributed by atoms with Crippen molar-refractivity contribution in [1.82, 2.24) is 10.0 Å². The second-order valence-corrected chi connectivity index (χ2v) is 7.35. The molecule has 0 saturated carbocycles. The van der Waals surface area contributed by atoms with E-state index in [1.807, 2.05) is 0 Å². The summed E-state index contributed by atoms with van der Waals surface area (Å²) in [6.45, 7) is 0.861. The molecule has 0 bridgehead atoms. The lowest BCUT2D eigenvalue weighted by atomic mass is 10.2. The highest BCUT2D eigenvalue weighted by Gasteiger charge is 2.19. The van der Waals surface area contributed by atoms with E-state index in [1.165, 1.54) is 31.2 Å². The Hall–Kier alpha value is -2.92. The lowest BCUT2D eigenvalue weighted by Gasteiger charge is -2.09. The number of carbonyl (C=O) groups is 2. The summed E-state index contributed by atoms with van der Waals surface area (Å²) in [5, 5.41) is 4.69. The topological polar surface area (TPSA) is 104 Å². The van der Waals surface area contributed by atoms with Crippen LogP contribution >= 0.6 is 0 Å². The van der Waals surface area contributed by atoms with E-state index < -0.39 is 38.9 Å². The first kappa shape index (κ1) is 21.4. The van der Waals surface area contributed by atoms with Crippen molar-refractivity contribution in [3.63, 3.8) is 0 Å². The lowest BCUT2D eigenvalue weighted by Crippen LogP contribution is -2.35. The molecule has 0 heterocycles. The van der Waals surface area contributed by atoms with Crippen molar-refractivity contribution in [1.29, 1.82) is 0 Å². The summed E-state index contributed by atoms with van der Waals surface area (Å²) < 4.78 is 66.1. The Morgan fingerprint density at radius 1 is 0.929 bits per heavy atom. The largest absolute Gasteiger partial charge is 0.351 e. The average molecular weight is 415 g/mol. The van der Waals surface area contributed by atoms with E-state index in [9.17, 15) is 31.2 Å². The van der Waals surface area contributed by atoms with Gasteiger partial charge in [0.25, 0.3) is 5.91 Å². The van der Waals surface area contributed by atoms with Crippen LogP contribution in [0, 0.1) is 17.5 Å². The summed E-state index contributed by atoms with van der Waals surface area (Å²) in [4.78, 5) is 22.7. The van der Waals surface area contributed by atoms with Gasteiger partial charge in [-0.3, -0.25) is 9.59 Å². The summed E-state index contributed by atoms with van der Waals surface area (Å²) in [6.07, 6.45) is 0. The Morgan fingerprint density at radius 3 is 2.18 bits per heavy atom. The number of anilines is 1. The molecular formula is C17H16F3N3O4S. The number of hydrogen-bond donors (Lipinski definition) is 3. The van der Waals surface area contributed by atoms with Gasteiger partial charge in [-0.15, -0.1) is 0 Å². The Labute approximate surface area is 159 Å². The van der Waals surface area contributed by atoms with Gasteiger partial charge in [-0.05, 0) is 36.4 Å². The maximum atomic E-state index is 13.5. The third-order valence-corrected chi connectivity index (χ3v) is 4.94. The minimum atomic E-state index is -3.89. The van der Waals surface area contributed by atoms with E-state index in [1.54, 1.807) is 0 Å². The van der Waals surface area contributed by atoms with Crippen molar-refractivity contribution in [2.24, 2.45) is 0 Å². The molecule has 0 radical (unpaired) electrons. The van der Waals surface area contributed by atoms with Crippen molar-refractivity contribution in [2.45, 2.75) is 11.8 Å². The highest BCUT2D eigenvalue weighted by Crippen LogP contribution is 2.15. The summed E-state index contributed by atoms with van der Waals surface area (Å²) in [5.74, 6) is -6.14. The van der Waals surface area contributed by atoms with Crippen LogP contribution in [0.2, 0.25) is 0 Å². The predicted molar refractivity (Wildman–Crippen MR) is 94.6 cm³/mol. The molecule has 0 atom stereocenters. The summed E-state index contributed by atoms with van der Waals surface area (Å²) in [7, 11) is -3.89.